The van der Waals surface area contributed by atoms with Gasteiger partial charge in [-0.15, -0.1) is 19.7 Å². The van der Waals surface area contributed by atoms with Crippen molar-refractivity contribution in [2.75, 3.05) is 0 Å². The van der Waals surface area contributed by atoms with Gasteiger partial charge in [-0.3, -0.25) is 0 Å². The van der Waals surface area contributed by atoms with Crippen molar-refractivity contribution >= 4 is 13.5 Å². The summed E-state index contributed by atoms with van der Waals surface area (Å²) in [4.78, 5) is 0. The van der Waals surface area contributed by atoms with E-state index in [1.807, 2.05) is 24.3 Å². The van der Waals surface area contributed by atoms with Gasteiger partial charge in [-0.05, 0) is 24.2 Å². The van der Waals surface area contributed by atoms with Gasteiger partial charge in [-0.1, -0.05) is 18.2 Å². The third kappa shape index (κ3) is 2.87. The first-order chi connectivity index (χ1) is 8.24. The van der Waals surface area contributed by atoms with Crippen LogP contribution >= 0.6 is 0 Å². The van der Waals surface area contributed by atoms with Crippen molar-refractivity contribution in [2.24, 2.45) is 0 Å². The lowest BCUT2D eigenvalue weighted by Gasteiger charge is -2.27. The molecule has 0 aliphatic heterocycles. The minimum absolute atomic E-state index is 0.0199. The second-order valence-electron chi connectivity index (χ2n) is 4.19. The van der Waals surface area contributed by atoms with Gasteiger partial charge in [0.2, 0.25) is 0 Å². The van der Waals surface area contributed by atoms with Crippen molar-refractivity contribution in [3.63, 3.8) is 0 Å². The summed E-state index contributed by atoms with van der Waals surface area (Å²) in [5.74, 6) is 0. The molecule has 0 fully saturated rings. The summed E-state index contributed by atoms with van der Waals surface area (Å²) in [5.41, 5.74) is 0.891. The van der Waals surface area contributed by atoms with Crippen LogP contribution in [0.2, 0.25) is 18.1 Å². The van der Waals surface area contributed by atoms with Gasteiger partial charge >= 0.3 is 0 Å². The number of furan rings is 1. The van der Waals surface area contributed by atoms with Crippen LogP contribution in [-0.4, -0.2) is 13.2 Å². The lowest BCUT2D eigenvalue weighted by molar-refractivity contribution is 0.282. The monoisotopic (exact) mass is 248 g/mol. The van der Waals surface area contributed by atoms with E-state index in [9.17, 15) is 5.11 Å². The number of rotatable bonds is 8. The maximum absolute atomic E-state index is 9.36. The second-order valence-corrected chi connectivity index (χ2v) is 8.43. The predicted octanol–water partition coefficient (Wildman–Crippen LogP) is 2.99. The van der Waals surface area contributed by atoms with Crippen molar-refractivity contribution in [1.29, 1.82) is 0 Å². The zero-order valence-corrected chi connectivity index (χ0v) is 11.2. The van der Waals surface area contributed by atoms with E-state index in [0.29, 0.717) is 0 Å². The minimum atomic E-state index is -1.87. The van der Waals surface area contributed by atoms with E-state index in [1.165, 1.54) is 0 Å². The number of hydrogen-bond donors (Lipinski definition) is 1. The molecule has 92 valence electrons. The van der Waals surface area contributed by atoms with Crippen molar-refractivity contribution in [1.82, 2.24) is 0 Å². The maximum Gasteiger partial charge on any atom is 0.143 e. The second kappa shape index (κ2) is 6.42. The zero-order valence-electron chi connectivity index (χ0n) is 10.2. The zero-order chi connectivity index (χ0) is 12.7. The molecular weight excluding hydrogens is 228 g/mol. The van der Waals surface area contributed by atoms with Crippen LogP contribution < -0.4 is 5.38 Å². The SMILES string of the molecule is C=CC[Si](CC=C)(CC=C)c1occc1CO. The normalized spacial score (nSPS) is 11.1. The van der Waals surface area contributed by atoms with Gasteiger partial charge in [0.1, 0.15) is 8.07 Å². The first-order valence-corrected chi connectivity index (χ1v) is 8.36. The summed E-state index contributed by atoms with van der Waals surface area (Å²) in [6.45, 7) is 11.5. The van der Waals surface area contributed by atoms with Crippen LogP contribution in [-0.2, 0) is 6.61 Å². The quantitative estimate of drug-likeness (QED) is 0.567. The molecule has 3 heteroatoms. The summed E-state index contributed by atoms with van der Waals surface area (Å²) in [5, 5.41) is 10.3. The Bertz CT molecular complexity index is 366. The molecule has 0 saturated carbocycles. The largest absolute Gasteiger partial charge is 0.474 e. The van der Waals surface area contributed by atoms with Crippen molar-refractivity contribution in [3.05, 3.63) is 55.9 Å². The minimum Gasteiger partial charge on any atom is -0.474 e. The van der Waals surface area contributed by atoms with E-state index in [1.54, 1.807) is 6.26 Å². The number of allylic oxidation sites excluding steroid dienone is 3. The van der Waals surface area contributed by atoms with E-state index in [4.69, 9.17) is 4.42 Å². The average Bonchev–Trinajstić information content (AvgIpc) is 2.78. The third-order valence-corrected chi connectivity index (χ3v) is 7.62. The van der Waals surface area contributed by atoms with Crippen molar-refractivity contribution in [2.45, 2.75) is 24.7 Å². The van der Waals surface area contributed by atoms with Crippen LogP contribution in [0.4, 0.5) is 0 Å². The van der Waals surface area contributed by atoms with E-state index < -0.39 is 8.07 Å². The lowest BCUT2D eigenvalue weighted by atomic mass is 10.4. The molecular formula is C14H20O2Si. The van der Waals surface area contributed by atoms with Crippen LogP contribution in [0.25, 0.3) is 0 Å². The molecule has 0 spiro atoms. The van der Waals surface area contributed by atoms with Gasteiger partial charge in [-0.25, -0.2) is 0 Å². The molecule has 1 aromatic rings. The summed E-state index contributed by atoms with van der Waals surface area (Å²) < 4.78 is 5.64. The Morgan fingerprint density at radius 3 is 2.06 bits per heavy atom. The Morgan fingerprint density at radius 1 is 1.12 bits per heavy atom. The van der Waals surface area contributed by atoms with Crippen molar-refractivity contribution < 1.29 is 9.52 Å². The van der Waals surface area contributed by atoms with Gasteiger partial charge in [0, 0.05) is 5.56 Å². The molecule has 17 heavy (non-hydrogen) atoms. The van der Waals surface area contributed by atoms with E-state index in [-0.39, 0.29) is 6.61 Å². The van der Waals surface area contributed by atoms with Gasteiger partial charge < -0.3 is 9.52 Å². The van der Waals surface area contributed by atoms with Gasteiger partial charge in [-0.2, -0.15) is 0 Å². The van der Waals surface area contributed by atoms with Crippen LogP contribution in [0, 0.1) is 0 Å². The molecule has 0 amide bonds. The number of aliphatic hydroxyl groups excluding tert-OH is 1. The molecule has 1 rings (SSSR count). The molecule has 2 nitrogen and oxygen atoms in total. The molecule has 0 radical (unpaired) electrons. The number of aliphatic hydroxyl groups is 1. The standard InChI is InChI=1S/C14H20O2Si/c1-4-9-17(10-5-2,11-6-3)14-13(12-15)7-8-16-14/h4-8,15H,1-3,9-12H2. The van der Waals surface area contributed by atoms with E-state index >= 15 is 0 Å². The first-order valence-electron chi connectivity index (χ1n) is 5.74. The van der Waals surface area contributed by atoms with Crippen LogP contribution in [0.3, 0.4) is 0 Å². The Labute approximate surface area is 104 Å². The molecule has 0 aromatic carbocycles. The van der Waals surface area contributed by atoms with Gasteiger partial charge in [0.25, 0.3) is 0 Å². The fraction of sp³-hybridized carbons (Fsp3) is 0.286. The third-order valence-electron chi connectivity index (χ3n) is 3.00. The molecule has 0 aliphatic carbocycles. The highest BCUT2D eigenvalue weighted by molar-refractivity contribution is 6.92. The molecule has 1 N–H and O–H groups in total. The molecule has 0 bridgehead atoms. The Kier molecular flexibility index (Phi) is 5.19. The molecule has 0 aliphatic rings. The average molecular weight is 248 g/mol. The summed E-state index contributed by atoms with van der Waals surface area (Å²) >= 11 is 0. The summed E-state index contributed by atoms with van der Waals surface area (Å²) in [7, 11) is -1.87. The van der Waals surface area contributed by atoms with Crippen molar-refractivity contribution in [3.8, 4) is 0 Å². The highest BCUT2D eigenvalue weighted by atomic mass is 28.3. The Balaban J connectivity index is 3.22. The molecule has 1 aromatic heterocycles. The van der Waals surface area contributed by atoms with Crippen LogP contribution in [0.5, 0.6) is 0 Å². The summed E-state index contributed by atoms with van der Waals surface area (Å²) in [6.07, 6.45) is 7.45. The van der Waals surface area contributed by atoms with E-state index in [2.05, 4.69) is 19.7 Å². The predicted molar refractivity (Wildman–Crippen MR) is 75.0 cm³/mol. The lowest BCUT2D eigenvalue weighted by Crippen LogP contribution is -2.47. The molecule has 1 heterocycles. The smallest absolute Gasteiger partial charge is 0.143 e. The summed E-state index contributed by atoms with van der Waals surface area (Å²) in [6, 6.07) is 4.56. The fourth-order valence-corrected chi connectivity index (χ4v) is 6.16. The molecule has 0 atom stereocenters. The van der Waals surface area contributed by atoms with Gasteiger partial charge in [0.15, 0.2) is 0 Å². The Hall–Kier alpha value is -1.32. The molecule has 0 unspecified atom stereocenters. The Morgan fingerprint density at radius 2 is 1.65 bits per heavy atom. The highest BCUT2D eigenvalue weighted by Crippen LogP contribution is 2.24. The maximum atomic E-state index is 9.36. The fourth-order valence-electron chi connectivity index (χ4n) is 2.28. The first kappa shape index (κ1) is 13.7. The topological polar surface area (TPSA) is 33.4 Å². The van der Waals surface area contributed by atoms with Crippen LogP contribution in [0.1, 0.15) is 5.56 Å². The highest BCUT2D eigenvalue weighted by Gasteiger charge is 2.36. The molecule has 0 saturated heterocycles. The van der Waals surface area contributed by atoms with Gasteiger partial charge in [0.05, 0.1) is 18.3 Å². The number of hydrogen-bond acceptors (Lipinski definition) is 2. The van der Waals surface area contributed by atoms with Crippen LogP contribution in [0.15, 0.2) is 54.7 Å². The van der Waals surface area contributed by atoms with E-state index in [0.717, 1.165) is 29.1 Å².